The number of benzene rings is 1. The summed E-state index contributed by atoms with van der Waals surface area (Å²) in [6.45, 7) is 0. The van der Waals surface area contributed by atoms with Crippen molar-refractivity contribution in [3.8, 4) is 0 Å². The number of carbonyl (C=O) groups excluding carboxylic acids is 1. The van der Waals surface area contributed by atoms with Gasteiger partial charge in [0, 0.05) is 10.5 Å². The van der Waals surface area contributed by atoms with E-state index in [-0.39, 0.29) is 23.4 Å². The van der Waals surface area contributed by atoms with E-state index in [9.17, 15) is 9.59 Å². The Morgan fingerprint density at radius 2 is 2.11 bits per heavy atom. The number of halogens is 1. The number of nitrogens with one attached hydrogen (secondary N) is 1. The van der Waals surface area contributed by atoms with Crippen LogP contribution in [0.4, 0.5) is 5.69 Å². The van der Waals surface area contributed by atoms with Crippen molar-refractivity contribution in [1.29, 1.82) is 0 Å². The predicted octanol–water partition coefficient (Wildman–Crippen LogP) is 2.21. The minimum Gasteiger partial charge on any atom is -0.478 e. The lowest BCUT2D eigenvalue weighted by Gasteiger charge is -2.16. The van der Waals surface area contributed by atoms with Crippen LogP contribution in [0.1, 0.15) is 29.6 Å². The third-order valence-corrected chi connectivity index (χ3v) is 4.04. The first-order valence-electron chi connectivity index (χ1n) is 6.08. The van der Waals surface area contributed by atoms with Gasteiger partial charge in [0.25, 0.3) is 0 Å². The maximum atomic E-state index is 12.1. The van der Waals surface area contributed by atoms with Gasteiger partial charge in [-0.25, -0.2) is 4.79 Å². The van der Waals surface area contributed by atoms with E-state index >= 15 is 0 Å². The van der Waals surface area contributed by atoms with Crippen molar-refractivity contribution in [3.63, 3.8) is 0 Å². The summed E-state index contributed by atoms with van der Waals surface area (Å²) < 4.78 is 0.548. The first-order valence-corrected chi connectivity index (χ1v) is 6.87. The van der Waals surface area contributed by atoms with Crippen molar-refractivity contribution in [2.75, 3.05) is 5.32 Å². The molecule has 1 aliphatic carbocycles. The van der Waals surface area contributed by atoms with Crippen LogP contribution in [0.2, 0.25) is 0 Å². The second kappa shape index (κ2) is 5.71. The zero-order chi connectivity index (χ0) is 14.0. The number of aromatic carboxylic acids is 1. The lowest BCUT2D eigenvalue weighted by atomic mass is 10.0. The Morgan fingerprint density at radius 3 is 2.63 bits per heavy atom. The van der Waals surface area contributed by atoms with Crippen LogP contribution >= 0.6 is 15.9 Å². The average molecular weight is 327 g/mol. The minimum atomic E-state index is -1.00. The third-order valence-electron chi connectivity index (χ3n) is 3.38. The summed E-state index contributed by atoms with van der Waals surface area (Å²) in [5.41, 5.74) is 6.62. The zero-order valence-electron chi connectivity index (χ0n) is 10.2. The summed E-state index contributed by atoms with van der Waals surface area (Å²) in [6.07, 6.45) is 2.65. The standard InChI is InChI=1S/C13H15BrN2O3/c14-9-6-7(13(18)19)4-5-11(9)16-12(17)8-2-1-3-10(8)15/h4-6,8,10H,1-3,15H2,(H,16,17)(H,18,19). The Hall–Kier alpha value is -1.40. The summed E-state index contributed by atoms with van der Waals surface area (Å²) in [6, 6.07) is 4.41. The second-order valence-electron chi connectivity index (χ2n) is 4.69. The minimum absolute atomic E-state index is 0.0860. The Kier molecular flexibility index (Phi) is 4.21. The molecule has 1 aliphatic rings. The second-order valence-corrected chi connectivity index (χ2v) is 5.54. The Morgan fingerprint density at radius 1 is 1.37 bits per heavy atom. The highest BCUT2D eigenvalue weighted by atomic mass is 79.9. The maximum absolute atomic E-state index is 12.1. The molecule has 1 aromatic rings. The quantitative estimate of drug-likeness (QED) is 0.794. The number of hydrogen-bond acceptors (Lipinski definition) is 3. The molecular formula is C13H15BrN2O3. The van der Waals surface area contributed by atoms with Crippen molar-refractivity contribution in [1.82, 2.24) is 0 Å². The topological polar surface area (TPSA) is 92.4 Å². The highest BCUT2D eigenvalue weighted by Crippen LogP contribution is 2.28. The molecule has 19 heavy (non-hydrogen) atoms. The molecule has 0 saturated heterocycles. The number of hydrogen-bond donors (Lipinski definition) is 3. The molecule has 0 heterocycles. The molecule has 1 fully saturated rings. The molecular weight excluding hydrogens is 312 g/mol. The number of amides is 1. The molecule has 1 saturated carbocycles. The van der Waals surface area contributed by atoms with E-state index in [0.29, 0.717) is 10.2 Å². The van der Waals surface area contributed by atoms with Gasteiger partial charge in [0.05, 0.1) is 17.2 Å². The number of carbonyl (C=O) groups is 2. The molecule has 0 aromatic heterocycles. The lowest BCUT2D eigenvalue weighted by molar-refractivity contribution is -0.120. The number of carboxylic acid groups (broad SMARTS) is 1. The maximum Gasteiger partial charge on any atom is 0.335 e. The molecule has 0 aliphatic heterocycles. The smallest absolute Gasteiger partial charge is 0.335 e. The summed E-state index contributed by atoms with van der Waals surface area (Å²) in [4.78, 5) is 22.9. The molecule has 6 heteroatoms. The Bertz CT molecular complexity index is 519. The van der Waals surface area contributed by atoms with Gasteiger partial charge in [-0.2, -0.15) is 0 Å². The monoisotopic (exact) mass is 326 g/mol. The SMILES string of the molecule is NC1CCCC1C(=O)Nc1ccc(C(=O)O)cc1Br. The molecule has 102 valence electrons. The van der Waals surface area contributed by atoms with Gasteiger partial charge in [-0.05, 0) is 47.0 Å². The fourth-order valence-corrected chi connectivity index (χ4v) is 2.77. The number of rotatable bonds is 3. The Balaban J connectivity index is 2.11. The largest absolute Gasteiger partial charge is 0.478 e. The zero-order valence-corrected chi connectivity index (χ0v) is 11.8. The summed E-state index contributed by atoms with van der Waals surface area (Å²) in [5, 5.41) is 11.7. The van der Waals surface area contributed by atoms with Crippen molar-refractivity contribution in [3.05, 3.63) is 28.2 Å². The van der Waals surface area contributed by atoms with Crippen LogP contribution in [0.25, 0.3) is 0 Å². The third kappa shape index (κ3) is 3.13. The van der Waals surface area contributed by atoms with Crippen molar-refractivity contribution >= 4 is 33.5 Å². The van der Waals surface area contributed by atoms with E-state index in [1.807, 2.05) is 0 Å². The predicted molar refractivity (Wildman–Crippen MR) is 75.0 cm³/mol. The highest BCUT2D eigenvalue weighted by molar-refractivity contribution is 9.10. The van der Waals surface area contributed by atoms with E-state index in [2.05, 4.69) is 21.2 Å². The van der Waals surface area contributed by atoms with Crippen LogP contribution in [0.5, 0.6) is 0 Å². The van der Waals surface area contributed by atoms with Gasteiger partial charge in [-0.3, -0.25) is 4.79 Å². The summed E-state index contributed by atoms with van der Waals surface area (Å²) in [7, 11) is 0. The van der Waals surface area contributed by atoms with Crippen molar-refractivity contribution in [2.24, 2.45) is 11.7 Å². The summed E-state index contributed by atoms with van der Waals surface area (Å²) >= 11 is 3.26. The molecule has 1 aromatic carbocycles. The van der Waals surface area contributed by atoms with Crippen LogP contribution < -0.4 is 11.1 Å². The summed E-state index contributed by atoms with van der Waals surface area (Å²) in [5.74, 6) is -1.27. The molecule has 5 nitrogen and oxygen atoms in total. The van der Waals surface area contributed by atoms with E-state index in [1.165, 1.54) is 12.1 Å². The molecule has 0 spiro atoms. The first kappa shape index (κ1) is 14.0. The van der Waals surface area contributed by atoms with Crippen molar-refractivity contribution in [2.45, 2.75) is 25.3 Å². The van der Waals surface area contributed by atoms with Crippen LogP contribution in [0, 0.1) is 5.92 Å². The van der Waals surface area contributed by atoms with E-state index < -0.39 is 5.97 Å². The molecule has 2 atom stereocenters. The van der Waals surface area contributed by atoms with Crippen LogP contribution in [-0.2, 0) is 4.79 Å². The highest BCUT2D eigenvalue weighted by Gasteiger charge is 2.30. The molecule has 2 rings (SSSR count). The molecule has 1 amide bonds. The number of nitrogens with two attached hydrogens (primary N) is 1. The first-order chi connectivity index (χ1) is 8.99. The van der Waals surface area contributed by atoms with Crippen LogP contribution in [0.3, 0.4) is 0 Å². The van der Waals surface area contributed by atoms with Gasteiger partial charge in [0.2, 0.25) is 5.91 Å². The van der Waals surface area contributed by atoms with E-state index in [0.717, 1.165) is 19.3 Å². The van der Waals surface area contributed by atoms with Gasteiger partial charge in [-0.1, -0.05) is 6.42 Å². The van der Waals surface area contributed by atoms with Gasteiger partial charge in [0.15, 0.2) is 0 Å². The van der Waals surface area contributed by atoms with Gasteiger partial charge >= 0.3 is 5.97 Å². The Labute approximate surface area is 119 Å². The van der Waals surface area contributed by atoms with Gasteiger partial charge < -0.3 is 16.2 Å². The van der Waals surface area contributed by atoms with E-state index in [4.69, 9.17) is 10.8 Å². The normalized spacial score (nSPS) is 22.2. The molecule has 2 unspecified atom stereocenters. The fraction of sp³-hybridized carbons (Fsp3) is 0.385. The lowest BCUT2D eigenvalue weighted by Crippen LogP contribution is -2.34. The fourth-order valence-electron chi connectivity index (χ4n) is 2.29. The van der Waals surface area contributed by atoms with E-state index in [1.54, 1.807) is 6.07 Å². The van der Waals surface area contributed by atoms with Gasteiger partial charge in [-0.15, -0.1) is 0 Å². The average Bonchev–Trinajstić information content (AvgIpc) is 2.77. The molecule has 4 N–H and O–H groups in total. The molecule has 0 bridgehead atoms. The van der Waals surface area contributed by atoms with Gasteiger partial charge in [0.1, 0.15) is 0 Å². The number of carboxylic acids is 1. The number of anilines is 1. The van der Waals surface area contributed by atoms with Crippen molar-refractivity contribution < 1.29 is 14.7 Å². The molecule has 0 radical (unpaired) electrons. The van der Waals surface area contributed by atoms with Crippen LogP contribution in [0.15, 0.2) is 22.7 Å². The van der Waals surface area contributed by atoms with Crippen LogP contribution in [-0.4, -0.2) is 23.0 Å².